The predicted molar refractivity (Wildman–Crippen MR) is 123 cm³/mol. The van der Waals surface area contributed by atoms with E-state index in [1.165, 1.54) is 23.0 Å². The third-order valence-corrected chi connectivity index (χ3v) is 6.64. The van der Waals surface area contributed by atoms with E-state index in [2.05, 4.69) is 24.0 Å². The first-order valence-corrected chi connectivity index (χ1v) is 11.6. The van der Waals surface area contributed by atoms with Gasteiger partial charge in [0, 0.05) is 24.1 Å². The zero-order valence-corrected chi connectivity index (χ0v) is 19.1. The van der Waals surface area contributed by atoms with Crippen LogP contribution in [0.4, 0.5) is 0 Å². The van der Waals surface area contributed by atoms with Gasteiger partial charge >= 0.3 is 11.7 Å². The van der Waals surface area contributed by atoms with Gasteiger partial charge in [-0.25, -0.2) is 4.79 Å². The van der Waals surface area contributed by atoms with E-state index in [4.69, 9.17) is 20.8 Å². The number of rotatable bonds is 9. The van der Waals surface area contributed by atoms with E-state index >= 15 is 0 Å². The number of halogens is 1. The summed E-state index contributed by atoms with van der Waals surface area (Å²) >= 11 is 5.99. The average molecular weight is 475 g/mol. The number of carboxylic acids is 1. The molecule has 0 amide bonds. The van der Waals surface area contributed by atoms with Crippen molar-refractivity contribution >= 4 is 28.7 Å². The number of hydrogen-bond acceptors (Lipinski definition) is 6. The second-order valence-corrected chi connectivity index (χ2v) is 8.88. The number of ether oxygens (including phenoxy) is 1. The molecule has 1 saturated heterocycles. The van der Waals surface area contributed by atoms with Crippen molar-refractivity contribution in [1.82, 2.24) is 9.55 Å². The molecule has 1 aromatic carbocycles. The van der Waals surface area contributed by atoms with Crippen molar-refractivity contribution < 1.29 is 24.2 Å². The molecule has 2 N–H and O–H groups in total. The molecule has 0 radical (unpaired) electrons. The van der Waals surface area contributed by atoms with Gasteiger partial charge in [0.25, 0.3) is 0 Å². The Balaban J connectivity index is 1.57. The number of fused-ring (bicyclic) bond motifs is 1. The molecule has 8 nitrogen and oxygen atoms in total. The lowest BCUT2D eigenvalue weighted by molar-refractivity contribution is -0.138. The lowest BCUT2D eigenvalue weighted by atomic mass is 9.97. The largest absolute Gasteiger partial charge is 0.480 e. The van der Waals surface area contributed by atoms with Crippen molar-refractivity contribution in [1.29, 1.82) is 0 Å². The molecule has 1 aliphatic rings. The van der Waals surface area contributed by atoms with Crippen LogP contribution in [0.25, 0.3) is 22.4 Å². The third kappa shape index (κ3) is 4.98. The number of aryl methyl sites for hydroxylation is 1. The molecule has 4 unspecified atom stereocenters. The van der Waals surface area contributed by atoms with Crippen LogP contribution in [-0.2, 0) is 16.0 Å². The first-order valence-electron chi connectivity index (χ1n) is 11.2. The minimum Gasteiger partial charge on any atom is -0.480 e. The normalized spacial score (nSPS) is 21.5. The van der Waals surface area contributed by atoms with E-state index in [0.29, 0.717) is 11.1 Å². The van der Waals surface area contributed by atoms with E-state index in [-0.39, 0.29) is 12.1 Å². The van der Waals surface area contributed by atoms with E-state index in [9.17, 15) is 19.8 Å². The summed E-state index contributed by atoms with van der Waals surface area (Å²) in [5.74, 6) is -1.24. The zero-order chi connectivity index (χ0) is 23.5. The molecular formula is C24H27ClN2O6. The quantitative estimate of drug-likeness (QED) is 0.356. The molecule has 0 aliphatic carbocycles. The molecular weight excluding hydrogens is 448 g/mol. The number of aliphatic carboxylic acids is 1. The molecule has 176 valence electrons. The Kier molecular flexibility index (Phi) is 7.17. The summed E-state index contributed by atoms with van der Waals surface area (Å²) in [5, 5.41) is 18.2. The highest BCUT2D eigenvalue weighted by Gasteiger charge is 2.43. The van der Waals surface area contributed by atoms with Gasteiger partial charge in [-0.1, -0.05) is 44.0 Å². The average Bonchev–Trinajstić information content (AvgIpc) is 3.42. The highest BCUT2D eigenvalue weighted by molar-refractivity contribution is 6.29. The SMILES string of the molecule is CCCCCc1ccc(-c2cc3cn(C4CC(C(Cl)C(=O)O)C(CO)O4)c(=O)nc3o2)cc1. The predicted octanol–water partition coefficient (Wildman–Crippen LogP) is 3.98. The topological polar surface area (TPSA) is 115 Å². The minimum atomic E-state index is -1.23. The van der Waals surface area contributed by atoms with Crippen molar-refractivity contribution in [3.8, 4) is 11.3 Å². The maximum Gasteiger partial charge on any atom is 0.353 e. The van der Waals surface area contributed by atoms with Gasteiger partial charge in [0.05, 0.1) is 18.1 Å². The number of aromatic nitrogens is 2. The summed E-state index contributed by atoms with van der Waals surface area (Å²) in [7, 11) is 0. The molecule has 3 aromatic rings. The van der Waals surface area contributed by atoms with Gasteiger partial charge in [-0.2, -0.15) is 4.98 Å². The number of aliphatic hydroxyl groups is 1. The van der Waals surface area contributed by atoms with Crippen LogP contribution in [0.3, 0.4) is 0 Å². The van der Waals surface area contributed by atoms with Gasteiger partial charge in [0.2, 0.25) is 5.71 Å². The number of carbonyl (C=O) groups is 1. The summed E-state index contributed by atoms with van der Waals surface area (Å²) in [6, 6.07) is 9.96. The van der Waals surface area contributed by atoms with Crippen molar-refractivity contribution in [2.75, 3.05) is 6.61 Å². The van der Waals surface area contributed by atoms with Gasteiger partial charge in [0.15, 0.2) is 0 Å². The van der Waals surface area contributed by atoms with Gasteiger partial charge < -0.3 is 19.4 Å². The lowest BCUT2D eigenvalue weighted by Crippen LogP contribution is -2.32. The summed E-state index contributed by atoms with van der Waals surface area (Å²) < 4.78 is 12.9. The van der Waals surface area contributed by atoms with Crippen molar-refractivity contribution in [2.24, 2.45) is 5.92 Å². The fourth-order valence-electron chi connectivity index (χ4n) is 4.28. The molecule has 0 spiro atoms. The third-order valence-electron chi connectivity index (χ3n) is 6.13. The van der Waals surface area contributed by atoms with E-state index < -0.39 is 41.9 Å². The van der Waals surface area contributed by atoms with Crippen LogP contribution in [0, 0.1) is 5.92 Å². The Hall–Kier alpha value is -2.68. The number of nitrogens with zero attached hydrogens (tertiary/aromatic N) is 2. The fourth-order valence-corrected chi connectivity index (χ4v) is 4.55. The Bertz CT molecular complexity index is 1170. The number of unbranched alkanes of at least 4 members (excludes halogenated alkanes) is 2. The number of hydrogen-bond donors (Lipinski definition) is 2. The van der Waals surface area contributed by atoms with Crippen LogP contribution in [0.15, 0.2) is 45.7 Å². The molecule has 0 bridgehead atoms. The van der Waals surface area contributed by atoms with Crippen LogP contribution < -0.4 is 5.69 Å². The van der Waals surface area contributed by atoms with E-state index in [1.54, 1.807) is 6.20 Å². The summed E-state index contributed by atoms with van der Waals surface area (Å²) in [6.45, 7) is 1.79. The molecule has 4 rings (SSSR count). The smallest absolute Gasteiger partial charge is 0.353 e. The minimum absolute atomic E-state index is 0.170. The molecule has 9 heteroatoms. The molecule has 2 aromatic heterocycles. The molecule has 33 heavy (non-hydrogen) atoms. The Morgan fingerprint density at radius 1 is 1.30 bits per heavy atom. The monoisotopic (exact) mass is 474 g/mol. The van der Waals surface area contributed by atoms with Crippen molar-refractivity contribution in [3.63, 3.8) is 0 Å². The van der Waals surface area contributed by atoms with Gasteiger partial charge in [-0.05, 0) is 24.5 Å². The Labute approximate surface area is 195 Å². The standard InChI is InChI=1S/C24H27ClN2O6/c1-2-3-4-5-14-6-8-15(9-7-14)18-10-16-12-27(24(31)26-22(16)33-18)20-11-17(19(13-28)32-20)21(25)23(29)30/h6-10,12,17,19-21,28H,2-5,11,13H2,1H3,(H,29,30). The van der Waals surface area contributed by atoms with E-state index in [1.807, 2.05) is 18.2 Å². The van der Waals surface area contributed by atoms with Crippen LogP contribution >= 0.6 is 11.6 Å². The van der Waals surface area contributed by atoms with Crippen LogP contribution in [0.1, 0.15) is 44.4 Å². The highest BCUT2D eigenvalue weighted by atomic mass is 35.5. The van der Waals surface area contributed by atoms with Gasteiger partial charge in [0.1, 0.15) is 17.4 Å². The summed E-state index contributed by atoms with van der Waals surface area (Å²) in [4.78, 5) is 28.0. The molecule has 4 atom stereocenters. The number of alkyl halides is 1. The maximum atomic E-state index is 12.6. The van der Waals surface area contributed by atoms with Gasteiger partial charge in [-0.15, -0.1) is 11.6 Å². The van der Waals surface area contributed by atoms with Gasteiger partial charge in [-0.3, -0.25) is 9.36 Å². The Morgan fingerprint density at radius 2 is 2.06 bits per heavy atom. The molecule has 0 saturated carbocycles. The second-order valence-electron chi connectivity index (χ2n) is 8.41. The van der Waals surface area contributed by atoms with Crippen molar-refractivity contribution in [2.45, 2.75) is 56.7 Å². The number of benzene rings is 1. The van der Waals surface area contributed by atoms with Crippen LogP contribution in [-0.4, -0.2) is 43.8 Å². The first-order chi connectivity index (χ1) is 15.9. The van der Waals surface area contributed by atoms with E-state index in [0.717, 1.165) is 18.4 Å². The van der Waals surface area contributed by atoms with Crippen LogP contribution in [0.5, 0.6) is 0 Å². The second kappa shape index (κ2) is 10.1. The molecule has 1 aliphatic heterocycles. The number of carboxylic acid groups (broad SMARTS) is 1. The number of furan rings is 1. The summed E-state index contributed by atoms with van der Waals surface area (Å²) in [5.41, 5.74) is 1.78. The zero-order valence-electron chi connectivity index (χ0n) is 18.3. The summed E-state index contributed by atoms with van der Waals surface area (Å²) in [6.07, 6.45) is 4.79. The molecule has 1 fully saturated rings. The number of aliphatic hydroxyl groups excluding tert-OH is 1. The first kappa shape index (κ1) is 23.5. The van der Waals surface area contributed by atoms with Crippen molar-refractivity contribution in [3.05, 3.63) is 52.6 Å². The Morgan fingerprint density at radius 3 is 2.73 bits per heavy atom. The maximum absolute atomic E-state index is 12.6. The molecule has 3 heterocycles. The highest BCUT2D eigenvalue weighted by Crippen LogP contribution is 2.37. The van der Waals surface area contributed by atoms with Crippen LogP contribution in [0.2, 0.25) is 0 Å². The lowest BCUT2D eigenvalue weighted by Gasteiger charge is -2.17. The fraction of sp³-hybridized carbons (Fsp3) is 0.458.